The molecule has 0 spiro atoms. The van der Waals surface area contributed by atoms with Gasteiger partial charge in [-0.15, -0.1) is 0 Å². The smallest absolute Gasteiger partial charge is 0.218 e. The summed E-state index contributed by atoms with van der Waals surface area (Å²) in [4.78, 5) is 7.63. The second-order valence-electron chi connectivity index (χ2n) is 3.01. The highest BCUT2D eigenvalue weighted by atomic mass is 32.1. The lowest BCUT2D eigenvalue weighted by Crippen LogP contribution is -2.26. The summed E-state index contributed by atoms with van der Waals surface area (Å²) >= 11 is 1.70. The number of guanidine groups is 2. The molecule has 0 atom stereocenters. The third-order valence-corrected chi connectivity index (χ3v) is 2.45. The molecule has 0 amide bonds. The van der Waals surface area contributed by atoms with Crippen LogP contribution in [0.1, 0.15) is 12.0 Å². The SMILES string of the molecule is NC(N)=NC(N)=NCCCc1ccsc1. The van der Waals surface area contributed by atoms with E-state index in [0.717, 1.165) is 12.8 Å². The van der Waals surface area contributed by atoms with Gasteiger partial charge in [-0.2, -0.15) is 16.3 Å². The summed E-state index contributed by atoms with van der Waals surface area (Å²) in [6, 6.07) is 2.10. The van der Waals surface area contributed by atoms with Crippen LogP contribution in [0, 0.1) is 0 Å². The summed E-state index contributed by atoms with van der Waals surface area (Å²) in [5.41, 5.74) is 17.1. The van der Waals surface area contributed by atoms with Crippen LogP contribution in [-0.4, -0.2) is 18.5 Å². The van der Waals surface area contributed by atoms with Crippen LogP contribution in [0.4, 0.5) is 0 Å². The number of nitrogens with two attached hydrogens (primary N) is 3. The third kappa shape index (κ3) is 5.02. The van der Waals surface area contributed by atoms with E-state index in [0.29, 0.717) is 6.54 Å². The third-order valence-electron chi connectivity index (χ3n) is 1.72. The van der Waals surface area contributed by atoms with Gasteiger partial charge < -0.3 is 17.2 Å². The number of aliphatic imine (C=N–C) groups is 2. The minimum absolute atomic E-state index is 0.0610. The molecule has 1 heterocycles. The Kier molecular flexibility index (Phi) is 4.62. The van der Waals surface area contributed by atoms with Gasteiger partial charge in [-0.05, 0) is 35.2 Å². The van der Waals surface area contributed by atoms with Crippen molar-refractivity contribution in [2.75, 3.05) is 6.54 Å². The summed E-state index contributed by atoms with van der Waals surface area (Å²) in [5.74, 6) is 0.0782. The molecule has 82 valence electrons. The van der Waals surface area contributed by atoms with Gasteiger partial charge in [-0.25, -0.2) is 0 Å². The molecule has 0 aliphatic carbocycles. The maximum Gasteiger partial charge on any atom is 0.218 e. The second kappa shape index (κ2) is 6.02. The predicted octanol–water partition coefficient (Wildman–Crippen LogP) is 0.269. The lowest BCUT2D eigenvalue weighted by molar-refractivity contribution is 0.833. The fraction of sp³-hybridized carbons (Fsp3) is 0.333. The van der Waals surface area contributed by atoms with Crippen molar-refractivity contribution in [3.05, 3.63) is 22.4 Å². The average Bonchev–Trinajstić information content (AvgIpc) is 2.63. The monoisotopic (exact) mass is 225 g/mol. The Bertz CT molecular complexity index is 337. The predicted molar refractivity (Wildman–Crippen MR) is 64.9 cm³/mol. The Morgan fingerprint density at radius 2 is 2.13 bits per heavy atom. The maximum absolute atomic E-state index is 5.44. The first-order valence-electron chi connectivity index (χ1n) is 4.59. The van der Waals surface area contributed by atoms with E-state index in [1.165, 1.54) is 5.56 Å². The van der Waals surface area contributed by atoms with Crippen molar-refractivity contribution >= 4 is 23.3 Å². The van der Waals surface area contributed by atoms with Crippen LogP contribution in [0.15, 0.2) is 26.8 Å². The summed E-state index contributed by atoms with van der Waals surface area (Å²) in [6.45, 7) is 0.637. The summed E-state index contributed by atoms with van der Waals surface area (Å²) in [5, 5.41) is 4.19. The quantitative estimate of drug-likeness (QED) is 0.389. The Morgan fingerprint density at radius 1 is 1.33 bits per heavy atom. The molecule has 0 aromatic carbocycles. The summed E-state index contributed by atoms with van der Waals surface area (Å²) in [7, 11) is 0. The molecule has 0 aliphatic heterocycles. The van der Waals surface area contributed by atoms with Crippen LogP contribution in [0.2, 0.25) is 0 Å². The van der Waals surface area contributed by atoms with E-state index in [1.807, 2.05) is 0 Å². The van der Waals surface area contributed by atoms with Gasteiger partial charge >= 0.3 is 0 Å². The fourth-order valence-electron chi connectivity index (χ4n) is 1.08. The van der Waals surface area contributed by atoms with E-state index >= 15 is 0 Å². The van der Waals surface area contributed by atoms with E-state index in [-0.39, 0.29) is 11.9 Å². The molecule has 0 unspecified atom stereocenters. The number of nitrogens with zero attached hydrogens (tertiary/aromatic N) is 2. The molecule has 0 fully saturated rings. The summed E-state index contributed by atoms with van der Waals surface area (Å²) in [6.07, 6.45) is 1.94. The molecular formula is C9H15N5S. The molecule has 1 rings (SSSR count). The minimum atomic E-state index is -0.0610. The molecule has 5 nitrogen and oxygen atoms in total. The lowest BCUT2D eigenvalue weighted by Gasteiger charge is -1.96. The second-order valence-corrected chi connectivity index (χ2v) is 3.79. The van der Waals surface area contributed by atoms with E-state index in [9.17, 15) is 0 Å². The number of rotatable bonds is 4. The fourth-order valence-corrected chi connectivity index (χ4v) is 1.78. The minimum Gasteiger partial charge on any atom is -0.370 e. The van der Waals surface area contributed by atoms with Crippen molar-refractivity contribution in [2.24, 2.45) is 27.2 Å². The Hall–Kier alpha value is -1.56. The zero-order valence-corrected chi connectivity index (χ0v) is 9.20. The van der Waals surface area contributed by atoms with Crippen LogP contribution in [0.5, 0.6) is 0 Å². The van der Waals surface area contributed by atoms with E-state index in [1.54, 1.807) is 11.3 Å². The molecule has 1 aromatic heterocycles. The number of hydrogen-bond donors (Lipinski definition) is 3. The lowest BCUT2D eigenvalue weighted by atomic mass is 10.2. The van der Waals surface area contributed by atoms with E-state index in [4.69, 9.17) is 17.2 Å². The first kappa shape index (κ1) is 11.5. The average molecular weight is 225 g/mol. The molecule has 0 aliphatic rings. The largest absolute Gasteiger partial charge is 0.370 e. The molecular weight excluding hydrogens is 210 g/mol. The van der Waals surface area contributed by atoms with Gasteiger partial charge in [0.25, 0.3) is 0 Å². The molecule has 6 heteroatoms. The zero-order valence-electron chi connectivity index (χ0n) is 8.39. The molecule has 6 N–H and O–H groups in total. The van der Waals surface area contributed by atoms with Crippen molar-refractivity contribution in [3.8, 4) is 0 Å². The highest BCUT2D eigenvalue weighted by molar-refractivity contribution is 7.07. The van der Waals surface area contributed by atoms with Crippen molar-refractivity contribution in [1.82, 2.24) is 0 Å². The summed E-state index contributed by atoms with van der Waals surface area (Å²) < 4.78 is 0. The molecule has 0 radical (unpaired) electrons. The van der Waals surface area contributed by atoms with Gasteiger partial charge in [0, 0.05) is 6.54 Å². The molecule has 0 bridgehead atoms. The maximum atomic E-state index is 5.44. The molecule has 0 saturated heterocycles. The normalized spacial score (nSPS) is 11.3. The highest BCUT2D eigenvalue weighted by Crippen LogP contribution is 2.08. The van der Waals surface area contributed by atoms with Crippen LogP contribution in [0.3, 0.4) is 0 Å². The number of aryl methyl sites for hydroxylation is 1. The van der Waals surface area contributed by atoms with E-state index in [2.05, 4.69) is 26.8 Å². The van der Waals surface area contributed by atoms with Crippen molar-refractivity contribution < 1.29 is 0 Å². The highest BCUT2D eigenvalue weighted by Gasteiger charge is 1.93. The number of thiophene rings is 1. The Morgan fingerprint density at radius 3 is 2.73 bits per heavy atom. The van der Waals surface area contributed by atoms with Crippen LogP contribution >= 0.6 is 11.3 Å². The van der Waals surface area contributed by atoms with Crippen LogP contribution < -0.4 is 17.2 Å². The zero-order chi connectivity index (χ0) is 11.1. The molecule has 0 saturated carbocycles. The van der Waals surface area contributed by atoms with Crippen molar-refractivity contribution in [1.29, 1.82) is 0 Å². The van der Waals surface area contributed by atoms with Gasteiger partial charge in [0.15, 0.2) is 5.96 Å². The number of hydrogen-bond acceptors (Lipinski definition) is 2. The Balaban J connectivity index is 2.24. The first-order valence-corrected chi connectivity index (χ1v) is 5.53. The first-order chi connectivity index (χ1) is 7.18. The van der Waals surface area contributed by atoms with Gasteiger partial charge in [0.05, 0.1) is 0 Å². The van der Waals surface area contributed by atoms with Gasteiger partial charge in [-0.1, -0.05) is 0 Å². The van der Waals surface area contributed by atoms with Crippen molar-refractivity contribution in [2.45, 2.75) is 12.8 Å². The van der Waals surface area contributed by atoms with Crippen LogP contribution in [0.25, 0.3) is 0 Å². The molecule has 15 heavy (non-hydrogen) atoms. The van der Waals surface area contributed by atoms with Gasteiger partial charge in [-0.3, -0.25) is 4.99 Å². The topological polar surface area (TPSA) is 103 Å². The van der Waals surface area contributed by atoms with Crippen LogP contribution in [-0.2, 0) is 6.42 Å². The molecule has 1 aromatic rings. The van der Waals surface area contributed by atoms with Gasteiger partial charge in [0.1, 0.15) is 0 Å². The Labute approximate surface area is 92.7 Å². The van der Waals surface area contributed by atoms with E-state index < -0.39 is 0 Å². The standard InChI is InChI=1S/C9H15N5S/c10-8(11)14-9(12)13-4-1-2-7-3-5-15-6-7/h3,5-6H,1-2,4H2,(H6,10,11,12,13,14). The van der Waals surface area contributed by atoms with Gasteiger partial charge in [0.2, 0.25) is 5.96 Å². The van der Waals surface area contributed by atoms with Crippen molar-refractivity contribution in [3.63, 3.8) is 0 Å².